The van der Waals surface area contributed by atoms with Gasteiger partial charge in [-0.15, -0.1) is 0 Å². The third-order valence-electron chi connectivity index (χ3n) is 3.29. The second-order valence-corrected chi connectivity index (χ2v) is 8.38. The fraction of sp³-hybridized carbons (Fsp3) is 0.444. The van der Waals surface area contributed by atoms with E-state index < -0.39 is 14.5 Å². The summed E-state index contributed by atoms with van der Waals surface area (Å²) in [6, 6.07) is 6.99. The molecule has 0 radical (unpaired) electrons. The van der Waals surface area contributed by atoms with Crippen molar-refractivity contribution >= 4 is 14.5 Å². The molecule has 0 fully saturated rings. The van der Waals surface area contributed by atoms with Crippen LogP contribution in [0.4, 0.5) is 34.5 Å². The molecule has 0 saturated heterocycles. The smallest absolute Gasteiger partial charge is 0.418 e. The van der Waals surface area contributed by atoms with Crippen LogP contribution in [0.25, 0.3) is 11.1 Å². The maximum Gasteiger partial charge on any atom is 0.673 e. The van der Waals surface area contributed by atoms with Crippen LogP contribution in [-0.4, -0.2) is 19.7 Å². The molecule has 0 aromatic carbocycles. The van der Waals surface area contributed by atoms with Crippen molar-refractivity contribution < 1.29 is 51.6 Å². The molecule has 0 aliphatic carbocycles. The zero-order valence-electron chi connectivity index (χ0n) is 19.8. The predicted octanol–water partition coefficient (Wildman–Crippen LogP) is 6.95. The summed E-state index contributed by atoms with van der Waals surface area (Å²) in [4.78, 5) is 0. The van der Waals surface area contributed by atoms with Crippen LogP contribution in [0.1, 0.15) is 55.8 Å². The molecule has 0 amide bonds. The zero-order chi connectivity index (χ0) is 26.6. The van der Waals surface area contributed by atoms with Crippen molar-refractivity contribution in [3.05, 3.63) is 48.1 Å². The van der Waals surface area contributed by atoms with E-state index in [4.69, 9.17) is 7.16 Å². The fourth-order valence-corrected chi connectivity index (χ4v) is 1.91. The summed E-state index contributed by atoms with van der Waals surface area (Å²) in [5, 5.41) is 9.57. The molecule has 3 nitrogen and oxygen atoms in total. The molecule has 0 aliphatic heterocycles. The van der Waals surface area contributed by atoms with E-state index in [-0.39, 0.29) is 23.2 Å². The maximum atomic E-state index is 9.75. The molecule has 2 aromatic rings. The Bertz CT molecular complexity index is 864. The minimum Gasteiger partial charge on any atom is -0.418 e. The Hall–Kier alpha value is -2.33. The number of hydrogen-bond donors (Lipinski definition) is 1. The molecule has 0 aliphatic rings. The largest absolute Gasteiger partial charge is 0.673 e. The quantitative estimate of drug-likeness (QED) is 0.164. The van der Waals surface area contributed by atoms with Gasteiger partial charge in [-0.05, 0) is 47.1 Å². The first-order valence-corrected chi connectivity index (χ1v) is 8.86. The van der Waals surface area contributed by atoms with Crippen LogP contribution in [0.5, 0.6) is 0 Å². The number of pyridine rings is 1. The Kier molecular flexibility index (Phi) is 8.30. The Morgan fingerprint density at radius 3 is 1.29 bits per heavy atom. The van der Waals surface area contributed by atoms with Gasteiger partial charge in [0, 0.05) is 34.6 Å². The summed E-state index contributed by atoms with van der Waals surface area (Å²) in [7, 11) is -12.0. The highest BCUT2D eigenvalue weighted by molar-refractivity contribution is 6.50. The molecule has 176 valence electrons. The average molecular weight is 463 g/mol. The average Bonchev–Trinajstić information content (AvgIpc) is 2.54. The third-order valence-corrected chi connectivity index (χ3v) is 3.29. The lowest BCUT2D eigenvalue weighted by Gasteiger charge is -2.14. The number of nitrogens with zero attached hydrogens (tertiary/aromatic N) is 1. The van der Waals surface area contributed by atoms with Crippen LogP contribution in [0.3, 0.4) is 0 Å². The van der Waals surface area contributed by atoms with E-state index in [9.17, 15) is 39.7 Å². The van der Waals surface area contributed by atoms with Crippen LogP contribution in [-0.2, 0) is 10.8 Å². The fourth-order valence-electron chi connectivity index (χ4n) is 1.91. The van der Waals surface area contributed by atoms with E-state index >= 15 is 0 Å². The molecule has 0 spiro atoms. The monoisotopic (exact) mass is 463 g/mol. The highest BCUT2D eigenvalue weighted by Gasteiger charge is 2.34. The lowest BCUT2D eigenvalue weighted by atomic mass is 9.88. The molecule has 0 saturated carbocycles. The SMILES string of the molecule is F[B-](F)(F)F.F[B-](F)(F)F.[2H]c1cc(-c2cc(C(C)(C)C)[o+]c(C(C)(C)C)c2)cc([2H])[n+]1O. The Balaban J connectivity index is 0.000000859. The van der Waals surface area contributed by atoms with Crippen molar-refractivity contribution in [2.75, 3.05) is 0 Å². The van der Waals surface area contributed by atoms with Crippen molar-refractivity contribution in [1.29, 1.82) is 0 Å². The van der Waals surface area contributed by atoms with Crippen molar-refractivity contribution in [3.8, 4) is 11.1 Å². The van der Waals surface area contributed by atoms with Gasteiger partial charge < -0.3 is 34.5 Å². The van der Waals surface area contributed by atoms with Gasteiger partial charge in [-0.2, -0.15) is 0 Å². The summed E-state index contributed by atoms with van der Waals surface area (Å²) in [5.74, 6) is 1.69. The summed E-state index contributed by atoms with van der Waals surface area (Å²) >= 11 is 0. The predicted molar refractivity (Wildman–Crippen MR) is 104 cm³/mol. The van der Waals surface area contributed by atoms with E-state index in [1.54, 1.807) is 12.1 Å². The van der Waals surface area contributed by atoms with Crippen LogP contribution in [0, 0.1) is 0 Å². The molecule has 0 unspecified atom stereocenters. The second kappa shape index (κ2) is 10.3. The number of aromatic nitrogens is 1. The molecular formula is C18H25B2F8NO2. The van der Waals surface area contributed by atoms with E-state index in [2.05, 4.69) is 41.5 Å². The second-order valence-electron chi connectivity index (χ2n) is 8.38. The third kappa shape index (κ3) is 14.3. The van der Waals surface area contributed by atoms with Crippen LogP contribution < -0.4 is 4.73 Å². The topological polar surface area (TPSA) is 35.4 Å². The Labute approximate surface area is 178 Å². The van der Waals surface area contributed by atoms with Gasteiger partial charge in [0.05, 0.1) is 10.8 Å². The molecule has 2 heterocycles. The Morgan fingerprint density at radius 1 is 0.742 bits per heavy atom. The molecule has 0 bridgehead atoms. The van der Waals surface area contributed by atoms with Crippen LogP contribution in [0.2, 0.25) is 0 Å². The molecule has 13 heteroatoms. The highest BCUT2D eigenvalue weighted by atomic mass is 19.5. The summed E-state index contributed by atoms with van der Waals surface area (Å²) < 4.78 is 100. The first-order valence-electron chi connectivity index (χ1n) is 9.86. The van der Waals surface area contributed by atoms with E-state index in [0.29, 0.717) is 4.73 Å². The van der Waals surface area contributed by atoms with Gasteiger partial charge >= 0.3 is 26.0 Å². The Morgan fingerprint density at radius 2 is 1.03 bits per heavy atom. The maximum absolute atomic E-state index is 9.75. The first-order chi connectivity index (χ1) is 14.4. The molecular weight excluding hydrogens is 436 g/mol. The summed E-state index contributed by atoms with van der Waals surface area (Å²) in [5.41, 5.74) is 1.29. The van der Waals surface area contributed by atoms with E-state index in [1.165, 1.54) is 0 Å². The highest BCUT2D eigenvalue weighted by Crippen LogP contribution is 2.33. The zero-order valence-corrected chi connectivity index (χ0v) is 17.8. The van der Waals surface area contributed by atoms with Crippen molar-refractivity contribution in [2.24, 2.45) is 0 Å². The minimum absolute atomic E-state index is 0.122. The summed E-state index contributed by atoms with van der Waals surface area (Å²) in [6.07, 6.45) is -0.245. The molecule has 0 atom stereocenters. The summed E-state index contributed by atoms with van der Waals surface area (Å²) in [6.45, 7) is 12.5. The van der Waals surface area contributed by atoms with Gasteiger partial charge in [0.1, 0.15) is 2.74 Å². The van der Waals surface area contributed by atoms with Crippen molar-refractivity contribution in [1.82, 2.24) is 0 Å². The first kappa shape index (κ1) is 24.9. The van der Waals surface area contributed by atoms with E-state index in [1.807, 2.05) is 12.1 Å². The van der Waals surface area contributed by atoms with Gasteiger partial charge in [0.25, 0.3) is 0 Å². The van der Waals surface area contributed by atoms with Gasteiger partial charge in [-0.25, -0.2) is 4.42 Å². The number of hydrogen-bond acceptors (Lipinski definition) is 1. The van der Waals surface area contributed by atoms with Gasteiger partial charge in [-0.3, -0.25) is 5.21 Å². The lowest BCUT2D eigenvalue weighted by Crippen LogP contribution is -2.27. The lowest BCUT2D eigenvalue weighted by molar-refractivity contribution is -0.904. The van der Waals surface area contributed by atoms with Crippen molar-refractivity contribution in [3.63, 3.8) is 0 Å². The van der Waals surface area contributed by atoms with Crippen LogP contribution in [0.15, 0.2) is 41.0 Å². The molecule has 1 N–H and O–H groups in total. The van der Waals surface area contributed by atoms with Gasteiger partial charge in [-0.1, -0.05) is 0 Å². The molecule has 2 rings (SSSR count). The number of rotatable bonds is 1. The van der Waals surface area contributed by atoms with E-state index in [0.717, 1.165) is 22.6 Å². The molecule has 31 heavy (non-hydrogen) atoms. The van der Waals surface area contributed by atoms with Crippen molar-refractivity contribution in [2.45, 2.75) is 52.4 Å². The standard InChI is InChI=1S/C18H25NO2.2BF4/c1-17(2,3)15-11-14(12-16(21-15)18(4,5)6)13-7-9-19(20)10-8-13;2*2-1(3,4)5/h7-12,20H,1-6H3;;/q+2;2*-1/i9D,10D;;. The van der Waals surface area contributed by atoms with Gasteiger partial charge in [0.15, 0.2) is 0 Å². The van der Waals surface area contributed by atoms with Gasteiger partial charge in [0.2, 0.25) is 12.3 Å². The minimum atomic E-state index is -6.00. The number of halogens is 8. The molecule has 2 aromatic heterocycles. The normalized spacial score (nSPS) is 13.2. The van der Waals surface area contributed by atoms with Crippen LogP contribution >= 0.6 is 0 Å².